The Morgan fingerprint density at radius 2 is 1.73 bits per heavy atom. The van der Waals surface area contributed by atoms with Crippen molar-refractivity contribution in [3.63, 3.8) is 0 Å². The van der Waals surface area contributed by atoms with Crippen molar-refractivity contribution in [1.29, 1.82) is 0 Å². The first-order valence-electron chi connectivity index (χ1n) is 14.5. The van der Waals surface area contributed by atoms with Crippen LogP contribution in [-0.4, -0.2) is 39.3 Å². The number of carbonyl (C=O) groups is 2. The maximum absolute atomic E-state index is 13.5. The molecule has 2 aliphatic rings. The van der Waals surface area contributed by atoms with Gasteiger partial charge < -0.3 is 20.0 Å². The van der Waals surface area contributed by atoms with Gasteiger partial charge in [0.2, 0.25) is 5.91 Å². The molecule has 41 heavy (non-hydrogen) atoms. The fraction of sp³-hybridized carbons (Fsp3) is 0.548. The number of carbonyl (C=O) groups excluding carboxylic acids is 2. The minimum atomic E-state index is -4.51. The van der Waals surface area contributed by atoms with Gasteiger partial charge in [0.25, 0.3) is 5.91 Å². The molecule has 2 amide bonds. The van der Waals surface area contributed by atoms with Crippen molar-refractivity contribution in [3.8, 4) is 0 Å². The molecule has 0 bridgehead atoms. The number of hydrogen-bond donors (Lipinski definition) is 2. The molecule has 0 atom stereocenters. The summed E-state index contributed by atoms with van der Waals surface area (Å²) in [5.74, 6) is -0.506. The van der Waals surface area contributed by atoms with Gasteiger partial charge in [0.1, 0.15) is 0 Å². The second-order valence-corrected chi connectivity index (χ2v) is 17.5. The van der Waals surface area contributed by atoms with Crippen LogP contribution in [0, 0.1) is 0 Å². The van der Waals surface area contributed by atoms with E-state index < -0.39 is 26.0 Å². The van der Waals surface area contributed by atoms with Crippen molar-refractivity contribution < 1.29 is 27.2 Å². The van der Waals surface area contributed by atoms with Crippen LogP contribution in [0.4, 0.5) is 30.2 Å². The van der Waals surface area contributed by atoms with E-state index >= 15 is 0 Å². The fourth-order valence-corrected chi connectivity index (χ4v) is 6.21. The molecule has 224 valence electrons. The molecular formula is C31H42F3N3O3Si. The van der Waals surface area contributed by atoms with Crippen LogP contribution in [0.3, 0.4) is 0 Å². The molecule has 1 fully saturated rings. The first-order chi connectivity index (χ1) is 19.2. The predicted molar refractivity (Wildman–Crippen MR) is 160 cm³/mol. The zero-order valence-corrected chi connectivity index (χ0v) is 25.7. The Labute approximate surface area is 242 Å². The first kappa shape index (κ1) is 31.1. The van der Waals surface area contributed by atoms with E-state index in [0.29, 0.717) is 31.7 Å². The Hall–Kier alpha value is -2.85. The van der Waals surface area contributed by atoms with Crippen LogP contribution in [0.2, 0.25) is 18.1 Å². The third-order valence-electron chi connectivity index (χ3n) is 8.68. The number of nitrogens with zero attached hydrogens (tertiary/aromatic N) is 1. The Bertz CT molecular complexity index is 1270. The number of benzene rings is 2. The summed E-state index contributed by atoms with van der Waals surface area (Å²) in [7, 11) is -1.98. The zero-order valence-electron chi connectivity index (χ0n) is 24.7. The Morgan fingerprint density at radius 3 is 2.39 bits per heavy atom. The second kappa shape index (κ2) is 12.2. The van der Waals surface area contributed by atoms with Gasteiger partial charge >= 0.3 is 6.18 Å². The third-order valence-corrected chi connectivity index (χ3v) is 13.2. The minimum Gasteiger partial charge on any atom is -0.415 e. The monoisotopic (exact) mass is 589 g/mol. The Balaban J connectivity index is 1.54. The summed E-state index contributed by atoms with van der Waals surface area (Å²) in [4.78, 5) is 28.0. The molecule has 10 heteroatoms. The van der Waals surface area contributed by atoms with E-state index in [0.717, 1.165) is 55.5 Å². The van der Waals surface area contributed by atoms with Crippen LogP contribution in [0.1, 0.15) is 80.8 Å². The summed E-state index contributed by atoms with van der Waals surface area (Å²) in [5.41, 5.74) is 1.74. The third kappa shape index (κ3) is 7.51. The quantitative estimate of drug-likeness (QED) is 0.306. The minimum absolute atomic E-state index is 0.00140. The highest BCUT2D eigenvalue weighted by Gasteiger charge is 2.37. The number of amides is 2. The molecule has 6 nitrogen and oxygen atoms in total. The first-order valence-corrected chi connectivity index (χ1v) is 17.4. The summed E-state index contributed by atoms with van der Waals surface area (Å²) >= 11 is 0. The lowest BCUT2D eigenvalue weighted by atomic mass is 9.94. The molecule has 2 N–H and O–H groups in total. The number of rotatable bonds is 8. The van der Waals surface area contributed by atoms with Gasteiger partial charge in [-0.15, -0.1) is 0 Å². The van der Waals surface area contributed by atoms with Gasteiger partial charge in [-0.25, -0.2) is 0 Å². The number of halogens is 3. The Morgan fingerprint density at radius 1 is 1.02 bits per heavy atom. The van der Waals surface area contributed by atoms with Gasteiger partial charge in [-0.1, -0.05) is 46.1 Å². The van der Waals surface area contributed by atoms with E-state index in [4.69, 9.17) is 4.43 Å². The summed E-state index contributed by atoms with van der Waals surface area (Å²) < 4.78 is 46.8. The molecule has 0 spiro atoms. The largest absolute Gasteiger partial charge is 0.416 e. The summed E-state index contributed by atoms with van der Waals surface area (Å²) in [6, 6.07) is 8.67. The SMILES string of the molecule is CC(C)(C)[Si](C)(C)OCCN1C(=O)CCc2ccc(NC(=O)c3ccc(C(F)(F)F)cc3NC3CCCCC3)cc21. The molecule has 2 aromatic carbocycles. The number of fused-ring (bicyclic) bond motifs is 1. The van der Waals surface area contributed by atoms with Crippen LogP contribution < -0.4 is 15.5 Å². The van der Waals surface area contributed by atoms with Crippen molar-refractivity contribution in [1.82, 2.24) is 0 Å². The normalized spacial score (nSPS) is 16.9. The van der Waals surface area contributed by atoms with Gasteiger partial charge in [-0.3, -0.25) is 9.59 Å². The van der Waals surface area contributed by atoms with Crippen molar-refractivity contribution >= 4 is 37.2 Å². The predicted octanol–water partition coefficient (Wildman–Crippen LogP) is 8.00. The lowest BCUT2D eigenvalue weighted by Crippen LogP contribution is -2.44. The smallest absolute Gasteiger partial charge is 0.415 e. The number of aryl methyl sites for hydroxylation is 1. The summed E-state index contributed by atoms with van der Waals surface area (Å²) in [6.45, 7) is 11.7. The summed E-state index contributed by atoms with van der Waals surface area (Å²) in [6.07, 6.45) is 1.31. The van der Waals surface area contributed by atoms with Gasteiger partial charge in [-0.2, -0.15) is 13.2 Å². The van der Waals surface area contributed by atoms with Crippen molar-refractivity contribution in [3.05, 3.63) is 53.1 Å². The highest BCUT2D eigenvalue weighted by atomic mass is 28.4. The maximum Gasteiger partial charge on any atom is 0.416 e. The van der Waals surface area contributed by atoms with E-state index in [9.17, 15) is 22.8 Å². The van der Waals surface area contributed by atoms with E-state index in [1.165, 1.54) is 6.07 Å². The zero-order chi connectivity index (χ0) is 30.0. The number of anilines is 3. The van der Waals surface area contributed by atoms with Crippen molar-refractivity contribution in [2.75, 3.05) is 28.7 Å². The average Bonchev–Trinajstić information content (AvgIpc) is 2.89. The molecule has 0 unspecified atom stereocenters. The highest BCUT2D eigenvalue weighted by molar-refractivity contribution is 6.74. The number of alkyl halides is 3. The van der Waals surface area contributed by atoms with Crippen molar-refractivity contribution in [2.45, 2.75) is 96.1 Å². The van der Waals surface area contributed by atoms with Gasteiger partial charge in [0, 0.05) is 36.1 Å². The van der Waals surface area contributed by atoms with Gasteiger partial charge in [0.15, 0.2) is 8.32 Å². The van der Waals surface area contributed by atoms with E-state index in [1.807, 2.05) is 6.07 Å². The summed E-state index contributed by atoms with van der Waals surface area (Å²) in [5, 5.41) is 6.12. The maximum atomic E-state index is 13.5. The molecule has 0 radical (unpaired) electrons. The van der Waals surface area contributed by atoms with E-state index in [-0.39, 0.29) is 28.2 Å². The lowest BCUT2D eigenvalue weighted by molar-refractivity contribution is -0.137. The molecular weight excluding hydrogens is 547 g/mol. The van der Waals surface area contributed by atoms with E-state index in [2.05, 4.69) is 44.5 Å². The van der Waals surface area contributed by atoms with Crippen LogP contribution in [0.5, 0.6) is 0 Å². The molecule has 1 saturated carbocycles. The van der Waals surface area contributed by atoms with E-state index in [1.54, 1.807) is 17.0 Å². The van der Waals surface area contributed by atoms with Crippen LogP contribution in [-0.2, 0) is 21.8 Å². The topological polar surface area (TPSA) is 70.7 Å². The Kier molecular flexibility index (Phi) is 9.23. The van der Waals surface area contributed by atoms with Crippen molar-refractivity contribution in [2.24, 2.45) is 0 Å². The molecule has 1 heterocycles. The van der Waals surface area contributed by atoms with Crippen LogP contribution in [0.15, 0.2) is 36.4 Å². The molecule has 1 aliphatic carbocycles. The second-order valence-electron chi connectivity index (χ2n) is 12.7. The highest BCUT2D eigenvalue weighted by Crippen LogP contribution is 2.37. The number of hydrogen-bond acceptors (Lipinski definition) is 4. The van der Waals surface area contributed by atoms with Crippen LogP contribution in [0.25, 0.3) is 0 Å². The lowest BCUT2D eigenvalue weighted by Gasteiger charge is -2.37. The standard InChI is InChI=1S/C31H42F3N3O3Si/c1-30(2,3)41(4,5)40-18-17-37-27-20-24(14-11-21(27)12-16-28(37)38)36-29(39)25-15-13-22(31(32,33)34)19-26(25)35-23-9-7-6-8-10-23/h11,13-15,19-20,23,35H,6-10,12,16-18H2,1-5H3,(H,36,39). The molecule has 4 rings (SSSR count). The molecule has 2 aromatic rings. The number of nitrogens with one attached hydrogen (secondary N) is 2. The molecule has 0 aromatic heterocycles. The average molecular weight is 590 g/mol. The van der Waals surface area contributed by atoms with Gasteiger partial charge in [-0.05, 0) is 73.3 Å². The van der Waals surface area contributed by atoms with Gasteiger partial charge in [0.05, 0.1) is 17.7 Å². The molecule has 0 saturated heterocycles. The molecule has 1 aliphatic heterocycles. The van der Waals surface area contributed by atoms with Crippen LogP contribution >= 0.6 is 0 Å². The fourth-order valence-electron chi connectivity index (χ4n) is 5.17.